The van der Waals surface area contributed by atoms with Gasteiger partial charge in [-0.3, -0.25) is 4.79 Å². The van der Waals surface area contributed by atoms with E-state index in [1.807, 2.05) is 13.8 Å². The molecule has 0 amide bonds. The molecule has 0 aromatic carbocycles. The first-order chi connectivity index (χ1) is 6.19. The van der Waals surface area contributed by atoms with Crippen LogP contribution in [0, 0.1) is 5.41 Å². The van der Waals surface area contributed by atoms with Gasteiger partial charge in [0.05, 0.1) is 0 Å². The highest BCUT2D eigenvalue weighted by Crippen LogP contribution is 2.26. The van der Waals surface area contributed by atoms with Gasteiger partial charge in [0.1, 0.15) is 6.61 Å². The average Bonchev–Trinajstić information content (AvgIpc) is 2.15. The van der Waals surface area contributed by atoms with Crippen LogP contribution in [-0.4, -0.2) is 32.1 Å². The third-order valence-electron chi connectivity index (χ3n) is 2.71. The summed E-state index contributed by atoms with van der Waals surface area (Å²) in [5, 5.41) is 3.26. The molecule has 0 aliphatic carbocycles. The van der Waals surface area contributed by atoms with Crippen molar-refractivity contribution >= 4 is 5.78 Å². The van der Waals surface area contributed by atoms with Crippen LogP contribution in [0.2, 0.25) is 0 Å². The van der Waals surface area contributed by atoms with Crippen LogP contribution in [0.25, 0.3) is 0 Å². The highest BCUT2D eigenvalue weighted by atomic mass is 16.5. The summed E-state index contributed by atoms with van der Waals surface area (Å²) in [6.45, 7) is 6.68. The standard InChI is InChI=1S/C10H19NO2/c1-3-13-7-9(12)10(2)5-4-6-11-8-10/h11H,3-8H2,1-2H3. The zero-order chi connectivity index (χ0) is 9.73. The second-order valence-electron chi connectivity index (χ2n) is 3.90. The van der Waals surface area contributed by atoms with Crippen molar-refractivity contribution < 1.29 is 9.53 Å². The van der Waals surface area contributed by atoms with E-state index >= 15 is 0 Å². The Balaban J connectivity index is 2.42. The number of hydrogen-bond acceptors (Lipinski definition) is 3. The van der Waals surface area contributed by atoms with Crippen LogP contribution in [0.5, 0.6) is 0 Å². The maximum absolute atomic E-state index is 11.7. The Morgan fingerprint density at radius 2 is 2.38 bits per heavy atom. The fraction of sp³-hybridized carbons (Fsp3) is 0.900. The van der Waals surface area contributed by atoms with E-state index in [2.05, 4.69) is 5.32 Å². The summed E-state index contributed by atoms with van der Waals surface area (Å²) in [5.74, 6) is 0.238. The van der Waals surface area contributed by atoms with Crippen molar-refractivity contribution in [2.24, 2.45) is 5.41 Å². The van der Waals surface area contributed by atoms with Gasteiger partial charge in [-0.1, -0.05) is 6.92 Å². The van der Waals surface area contributed by atoms with Crippen molar-refractivity contribution in [3.05, 3.63) is 0 Å². The Hall–Kier alpha value is -0.410. The summed E-state index contributed by atoms with van der Waals surface area (Å²) < 4.78 is 5.14. The van der Waals surface area contributed by atoms with E-state index in [9.17, 15) is 4.79 Å². The number of rotatable bonds is 4. The van der Waals surface area contributed by atoms with Crippen LogP contribution in [-0.2, 0) is 9.53 Å². The number of hydrogen-bond donors (Lipinski definition) is 1. The highest BCUT2D eigenvalue weighted by molar-refractivity contribution is 5.85. The lowest BCUT2D eigenvalue weighted by Crippen LogP contribution is -2.44. The smallest absolute Gasteiger partial charge is 0.165 e. The van der Waals surface area contributed by atoms with Gasteiger partial charge in [-0.2, -0.15) is 0 Å². The first-order valence-electron chi connectivity index (χ1n) is 5.01. The van der Waals surface area contributed by atoms with Crippen molar-refractivity contribution in [2.75, 3.05) is 26.3 Å². The van der Waals surface area contributed by atoms with Crippen LogP contribution in [0.1, 0.15) is 26.7 Å². The Morgan fingerprint density at radius 3 is 2.92 bits per heavy atom. The second-order valence-corrected chi connectivity index (χ2v) is 3.90. The summed E-state index contributed by atoms with van der Waals surface area (Å²) >= 11 is 0. The molecule has 0 bridgehead atoms. The topological polar surface area (TPSA) is 38.3 Å². The maximum atomic E-state index is 11.7. The third-order valence-corrected chi connectivity index (χ3v) is 2.71. The van der Waals surface area contributed by atoms with Crippen LogP contribution >= 0.6 is 0 Å². The minimum atomic E-state index is -0.187. The second kappa shape index (κ2) is 4.72. The molecule has 1 atom stereocenters. The number of ether oxygens (including phenoxy) is 1. The van der Waals surface area contributed by atoms with Gasteiger partial charge in [0.2, 0.25) is 0 Å². The summed E-state index contributed by atoms with van der Waals surface area (Å²) in [7, 11) is 0. The summed E-state index contributed by atoms with van der Waals surface area (Å²) in [5.41, 5.74) is -0.187. The van der Waals surface area contributed by atoms with Crippen LogP contribution in [0.4, 0.5) is 0 Å². The Labute approximate surface area is 79.8 Å². The molecule has 0 radical (unpaired) electrons. The number of Topliss-reactive ketones (excluding diaryl/α,β-unsaturated/α-hetero) is 1. The van der Waals surface area contributed by atoms with E-state index in [4.69, 9.17) is 4.74 Å². The molecule has 1 rings (SSSR count). The number of nitrogens with one attached hydrogen (secondary N) is 1. The normalized spacial score (nSPS) is 28.8. The molecule has 76 valence electrons. The average molecular weight is 185 g/mol. The van der Waals surface area contributed by atoms with Gasteiger partial charge in [0.15, 0.2) is 5.78 Å². The van der Waals surface area contributed by atoms with Crippen molar-refractivity contribution in [3.8, 4) is 0 Å². The quantitative estimate of drug-likeness (QED) is 0.709. The lowest BCUT2D eigenvalue weighted by Gasteiger charge is -2.32. The van der Waals surface area contributed by atoms with Crippen molar-refractivity contribution in [1.82, 2.24) is 5.32 Å². The zero-order valence-corrected chi connectivity index (χ0v) is 8.56. The first kappa shape index (κ1) is 10.7. The predicted octanol–water partition coefficient (Wildman–Crippen LogP) is 0.982. The number of piperidine rings is 1. The van der Waals surface area contributed by atoms with E-state index < -0.39 is 0 Å². The van der Waals surface area contributed by atoms with Gasteiger partial charge in [-0.05, 0) is 26.3 Å². The van der Waals surface area contributed by atoms with Crippen molar-refractivity contribution in [2.45, 2.75) is 26.7 Å². The molecular weight excluding hydrogens is 166 g/mol. The zero-order valence-electron chi connectivity index (χ0n) is 8.56. The molecule has 0 saturated carbocycles. The van der Waals surface area contributed by atoms with E-state index in [0.717, 1.165) is 25.9 Å². The minimum Gasteiger partial charge on any atom is -0.374 e. The van der Waals surface area contributed by atoms with Gasteiger partial charge in [0, 0.05) is 18.6 Å². The lowest BCUT2D eigenvalue weighted by molar-refractivity contribution is -0.133. The van der Waals surface area contributed by atoms with Gasteiger partial charge < -0.3 is 10.1 Å². The summed E-state index contributed by atoms with van der Waals surface area (Å²) in [6.07, 6.45) is 2.08. The molecule has 1 aliphatic heterocycles. The number of ketones is 1. The van der Waals surface area contributed by atoms with Crippen LogP contribution in [0.15, 0.2) is 0 Å². The van der Waals surface area contributed by atoms with Gasteiger partial charge in [0.25, 0.3) is 0 Å². The molecule has 1 N–H and O–H groups in total. The van der Waals surface area contributed by atoms with Gasteiger partial charge >= 0.3 is 0 Å². The SMILES string of the molecule is CCOCC(=O)C1(C)CCCNC1. The number of carbonyl (C=O) groups is 1. The molecule has 13 heavy (non-hydrogen) atoms. The monoisotopic (exact) mass is 185 g/mol. The first-order valence-corrected chi connectivity index (χ1v) is 5.01. The van der Waals surface area contributed by atoms with Crippen LogP contribution < -0.4 is 5.32 Å². The minimum absolute atomic E-state index is 0.187. The van der Waals surface area contributed by atoms with Crippen LogP contribution in [0.3, 0.4) is 0 Å². The summed E-state index contributed by atoms with van der Waals surface area (Å²) in [6, 6.07) is 0. The molecule has 1 unspecified atom stereocenters. The highest BCUT2D eigenvalue weighted by Gasteiger charge is 2.33. The third kappa shape index (κ3) is 2.78. The fourth-order valence-corrected chi connectivity index (χ4v) is 1.66. The molecule has 1 aliphatic rings. The Bertz CT molecular complexity index is 174. The van der Waals surface area contributed by atoms with E-state index in [0.29, 0.717) is 6.61 Å². The molecule has 3 heteroatoms. The predicted molar refractivity (Wildman–Crippen MR) is 51.7 cm³/mol. The molecule has 0 aromatic rings. The molecule has 0 aromatic heterocycles. The van der Waals surface area contributed by atoms with E-state index in [1.54, 1.807) is 0 Å². The molecule has 1 saturated heterocycles. The molecular formula is C10H19NO2. The summed E-state index contributed by atoms with van der Waals surface area (Å²) in [4.78, 5) is 11.7. The van der Waals surface area contributed by atoms with Crippen molar-refractivity contribution in [1.29, 1.82) is 0 Å². The fourth-order valence-electron chi connectivity index (χ4n) is 1.66. The van der Waals surface area contributed by atoms with Gasteiger partial charge in [-0.25, -0.2) is 0 Å². The molecule has 0 spiro atoms. The molecule has 1 fully saturated rings. The van der Waals surface area contributed by atoms with Gasteiger partial charge in [-0.15, -0.1) is 0 Å². The largest absolute Gasteiger partial charge is 0.374 e. The van der Waals surface area contributed by atoms with E-state index in [1.165, 1.54) is 0 Å². The number of carbonyl (C=O) groups excluding carboxylic acids is 1. The maximum Gasteiger partial charge on any atom is 0.165 e. The Morgan fingerprint density at radius 1 is 1.62 bits per heavy atom. The van der Waals surface area contributed by atoms with E-state index in [-0.39, 0.29) is 17.8 Å². The Kier molecular flexibility index (Phi) is 3.88. The molecule has 3 nitrogen and oxygen atoms in total. The van der Waals surface area contributed by atoms with Crippen molar-refractivity contribution in [3.63, 3.8) is 0 Å². The lowest BCUT2D eigenvalue weighted by atomic mass is 9.79. The molecule has 1 heterocycles.